The van der Waals surface area contributed by atoms with Crippen molar-refractivity contribution in [3.05, 3.63) is 35.5 Å². The van der Waals surface area contributed by atoms with Gasteiger partial charge in [-0.05, 0) is 29.7 Å². The first-order valence-electron chi connectivity index (χ1n) is 5.73. The maximum Gasteiger partial charge on any atom is 0.326 e. The summed E-state index contributed by atoms with van der Waals surface area (Å²) < 4.78 is 0. The quantitative estimate of drug-likeness (QED) is 0.782. The molecular weight excluding hydrogens is 284 g/mol. The van der Waals surface area contributed by atoms with Crippen LogP contribution in [0.4, 0.5) is 5.82 Å². The van der Waals surface area contributed by atoms with E-state index in [9.17, 15) is 9.59 Å². The number of aliphatic carboxylic acids is 2. The Morgan fingerprint density at radius 3 is 2.70 bits per heavy atom. The molecule has 7 heteroatoms. The van der Waals surface area contributed by atoms with Gasteiger partial charge in [0, 0.05) is 16.6 Å². The van der Waals surface area contributed by atoms with Gasteiger partial charge in [0.1, 0.15) is 11.9 Å². The standard InChI is InChI=1S/C13H11ClN2O4/c14-8-1-2-9-7(5-8)3-4-15-12(9)16-10(13(19)20)6-11(17)18/h1-5,10H,6H2,(H,15,16)(H,17,18)(H,19,20). The SMILES string of the molecule is O=C(O)CC(Nc1nccc2cc(Cl)ccc12)C(=O)O. The molecule has 1 unspecified atom stereocenters. The number of carboxylic acids is 2. The highest BCUT2D eigenvalue weighted by atomic mass is 35.5. The van der Waals surface area contributed by atoms with Gasteiger partial charge in [0.25, 0.3) is 0 Å². The van der Waals surface area contributed by atoms with Crippen molar-refractivity contribution in [3.8, 4) is 0 Å². The molecule has 0 aliphatic carbocycles. The minimum atomic E-state index is -1.25. The van der Waals surface area contributed by atoms with Gasteiger partial charge in [0.2, 0.25) is 0 Å². The van der Waals surface area contributed by atoms with Crippen LogP contribution >= 0.6 is 11.6 Å². The van der Waals surface area contributed by atoms with Crippen molar-refractivity contribution in [2.45, 2.75) is 12.5 Å². The van der Waals surface area contributed by atoms with Crippen molar-refractivity contribution in [1.82, 2.24) is 4.98 Å². The van der Waals surface area contributed by atoms with Crippen LogP contribution in [0.3, 0.4) is 0 Å². The average Bonchev–Trinajstić information content (AvgIpc) is 2.37. The lowest BCUT2D eigenvalue weighted by atomic mass is 10.1. The predicted octanol–water partition coefficient (Wildman–Crippen LogP) is 2.23. The van der Waals surface area contributed by atoms with Crippen molar-refractivity contribution in [2.75, 3.05) is 5.32 Å². The highest BCUT2D eigenvalue weighted by Crippen LogP contribution is 2.24. The van der Waals surface area contributed by atoms with Crippen LogP contribution < -0.4 is 5.32 Å². The lowest BCUT2D eigenvalue weighted by Crippen LogP contribution is -2.32. The zero-order valence-corrected chi connectivity index (χ0v) is 11.0. The molecule has 20 heavy (non-hydrogen) atoms. The molecule has 1 atom stereocenters. The number of nitrogens with one attached hydrogen (secondary N) is 1. The molecule has 0 radical (unpaired) electrons. The van der Waals surface area contributed by atoms with E-state index in [1.54, 1.807) is 24.3 Å². The lowest BCUT2D eigenvalue weighted by Gasteiger charge is -2.14. The van der Waals surface area contributed by atoms with Crippen LogP contribution in [0, 0.1) is 0 Å². The molecule has 2 aromatic rings. The van der Waals surface area contributed by atoms with Crippen molar-refractivity contribution >= 4 is 40.1 Å². The van der Waals surface area contributed by atoms with Gasteiger partial charge in [-0.15, -0.1) is 0 Å². The summed E-state index contributed by atoms with van der Waals surface area (Å²) in [5.41, 5.74) is 0. The second kappa shape index (κ2) is 5.75. The fraction of sp³-hybridized carbons (Fsp3) is 0.154. The zero-order chi connectivity index (χ0) is 14.7. The number of nitrogens with zero attached hydrogens (tertiary/aromatic N) is 1. The minimum Gasteiger partial charge on any atom is -0.481 e. The number of benzene rings is 1. The smallest absolute Gasteiger partial charge is 0.326 e. The summed E-state index contributed by atoms with van der Waals surface area (Å²) in [6, 6.07) is 5.56. The van der Waals surface area contributed by atoms with Crippen LogP contribution in [0.2, 0.25) is 5.02 Å². The Morgan fingerprint density at radius 1 is 1.30 bits per heavy atom. The van der Waals surface area contributed by atoms with Crippen LogP contribution in [0.25, 0.3) is 10.8 Å². The van der Waals surface area contributed by atoms with E-state index in [-0.39, 0.29) is 0 Å². The third-order valence-corrected chi connectivity index (χ3v) is 2.95. The number of carboxylic acid groups (broad SMARTS) is 2. The van der Waals surface area contributed by atoms with E-state index < -0.39 is 24.4 Å². The number of carbonyl (C=O) groups is 2. The third-order valence-electron chi connectivity index (χ3n) is 2.71. The summed E-state index contributed by atoms with van der Waals surface area (Å²) in [5.74, 6) is -2.14. The van der Waals surface area contributed by atoms with Crippen molar-refractivity contribution < 1.29 is 19.8 Å². The van der Waals surface area contributed by atoms with Gasteiger partial charge < -0.3 is 15.5 Å². The molecule has 0 aliphatic rings. The summed E-state index contributed by atoms with van der Waals surface area (Å²) >= 11 is 5.88. The fourth-order valence-corrected chi connectivity index (χ4v) is 1.98. The van der Waals surface area contributed by atoms with Gasteiger partial charge in [-0.1, -0.05) is 11.6 Å². The molecule has 2 rings (SSSR count). The first kappa shape index (κ1) is 14.1. The van der Waals surface area contributed by atoms with Gasteiger partial charge in [-0.3, -0.25) is 4.79 Å². The number of hydrogen-bond donors (Lipinski definition) is 3. The number of pyridine rings is 1. The Morgan fingerprint density at radius 2 is 2.05 bits per heavy atom. The average molecular weight is 295 g/mol. The highest BCUT2D eigenvalue weighted by molar-refractivity contribution is 6.31. The van der Waals surface area contributed by atoms with E-state index in [0.29, 0.717) is 16.2 Å². The van der Waals surface area contributed by atoms with Crippen molar-refractivity contribution in [2.24, 2.45) is 0 Å². The molecule has 6 nitrogen and oxygen atoms in total. The summed E-state index contributed by atoms with van der Waals surface area (Å²) in [6.07, 6.45) is 0.960. The van der Waals surface area contributed by atoms with Gasteiger partial charge in [-0.2, -0.15) is 0 Å². The summed E-state index contributed by atoms with van der Waals surface area (Å²) in [7, 11) is 0. The molecule has 1 aromatic heterocycles. The second-order valence-corrected chi connectivity index (χ2v) is 4.59. The Balaban J connectivity index is 2.37. The zero-order valence-electron chi connectivity index (χ0n) is 10.2. The Hall–Kier alpha value is -2.34. The van der Waals surface area contributed by atoms with Gasteiger partial charge in [0.05, 0.1) is 6.42 Å². The van der Waals surface area contributed by atoms with E-state index in [2.05, 4.69) is 10.3 Å². The maximum atomic E-state index is 11.1. The number of aromatic nitrogens is 1. The van der Waals surface area contributed by atoms with E-state index in [0.717, 1.165) is 5.39 Å². The Labute approximate surface area is 119 Å². The van der Waals surface area contributed by atoms with Gasteiger partial charge >= 0.3 is 11.9 Å². The fourth-order valence-electron chi connectivity index (χ4n) is 1.80. The topological polar surface area (TPSA) is 99.5 Å². The number of fused-ring (bicyclic) bond motifs is 1. The Kier molecular flexibility index (Phi) is 4.05. The Bertz CT molecular complexity index is 674. The van der Waals surface area contributed by atoms with E-state index in [1.807, 2.05) is 0 Å². The van der Waals surface area contributed by atoms with Gasteiger partial charge in [0.15, 0.2) is 0 Å². The van der Waals surface area contributed by atoms with Crippen LogP contribution in [-0.4, -0.2) is 33.2 Å². The molecule has 0 fully saturated rings. The molecule has 0 amide bonds. The highest BCUT2D eigenvalue weighted by Gasteiger charge is 2.21. The number of rotatable bonds is 5. The van der Waals surface area contributed by atoms with Crippen molar-refractivity contribution in [3.63, 3.8) is 0 Å². The van der Waals surface area contributed by atoms with E-state index in [1.165, 1.54) is 6.20 Å². The lowest BCUT2D eigenvalue weighted by molar-refractivity contribution is -0.144. The third kappa shape index (κ3) is 3.16. The molecule has 0 aliphatic heterocycles. The van der Waals surface area contributed by atoms with Crippen molar-refractivity contribution in [1.29, 1.82) is 0 Å². The summed E-state index contributed by atoms with van der Waals surface area (Å²) in [5, 5.41) is 22.4. The van der Waals surface area contributed by atoms with Crippen LogP contribution in [-0.2, 0) is 9.59 Å². The first-order valence-corrected chi connectivity index (χ1v) is 6.10. The normalized spacial score (nSPS) is 12.1. The predicted molar refractivity (Wildman–Crippen MR) is 74.1 cm³/mol. The molecular formula is C13H11ClN2O4. The maximum absolute atomic E-state index is 11.1. The molecule has 0 bridgehead atoms. The largest absolute Gasteiger partial charge is 0.481 e. The van der Waals surface area contributed by atoms with Crippen LogP contribution in [0.5, 0.6) is 0 Å². The van der Waals surface area contributed by atoms with Crippen LogP contribution in [0.1, 0.15) is 6.42 Å². The first-order chi connectivity index (χ1) is 9.47. The van der Waals surface area contributed by atoms with Crippen LogP contribution in [0.15, 0.2) is 30.5 Å². The second-order valence-electron chi connectivity index (χ2n) is 4.16. The molecule has 3 N–H and O–H groups in total. The minimum absolute atomic E-state index is 0.313. The molecule has 104 valence electrons. The number of anilines is 1. The molecule has 0 saturated carbocycles. The molecule has 0 saturated heterocycles. The molecule has 1 heterocycles. The molecule has 0 spiro atoms. The molecule has 1 aromatic carbocycles. The number of hydrogen-bond acceptors (Lipinski definition) is 4. The summed E-state index contributed by atoms with van der Waals surface area (Å²) in [4.78, 5) is 25.8. The van der Waals surface area contributed by atoms with E-state index >= 15 is 0 Å². The summed E-state index contributed by atoms with van der Waals surface area (Å²) in [6.45, 7) is 0. The number of halogens is 1. The van der Waals surface area contributed by atoms with Gasteiger partial charge in [-0.25, -0.2) is 9.78 Å². The van der Waals surface area contributed by atoms with E-state index in [4.69, 9.17) is 21.8 Å². The monoisotopic (exact) mass is 294 g/mol.